The fraction of sp³-hybridized carbons (Fsp3) is 0.562. The van der Waals surface area contributed by atoms with Gasteiger partial charge in [0.25, 0.3) is 0 Å². The third-order valence-corrected chi connectivity index (χ3v) is 3.68. The molecular formula is C16H25N3O. The van der Waals surface area contributed by atoms with Crippen molar-refractivity contribution >= 4 is 11.6 Å². The Balaban J connectivity index is 1.75. The molecule has 0 aromatic heterocycles. The molecule has 1 heterocycles. The molecule has 0 spiro atoms. The molecule has 1 atom stereocenters. The fourth-order valence-corrected chi connectivity index (χ4v) is 2.75. The number of amides is 1. The Morgan fingerprint density at radius 3 is 3.05 bits per heavy atom. The highest BCUT2D eigenvalue weighted by molar-refractivity contribution is 5.92. The lowest BCUT2D eigenvalue weighted by molar-refractivity contribution is -0.117. The Morgan fingerprint density at radius 2 is 2.35 bits per heavy atom. The van der Waals surface area contributed by atoms with Crippen LogP contribution in [0.2, 0.25) is 0 Å². The second kappa shape index (κ2) is 7.41. The van der Waals surface area contributed by atoms with Gasteiger partial charge in [-0.15, -0.1) is 0 Å². The van der Waals surface area contributed by atoms with Gasteiger partial charge < -0.3 is 10.6 Å². The molecule has 1 fully saturated rings. The third-order valence-electron chi connectivity index (χ3n) is 3.68. The summed E-state index contributed by atoms with van der Waals surface area (Å²) in [7, 11) is 2.02. The Hall–Kier alpha value is -1.39. The van der Waals surface area contributed by atoms with Gasteiger partial charge in [-0.3, -0.25) is 9.69 Å². The van der Waals surface area contributed by atoms with Crippen LogP contribution in [0.25, 0.3) is 0 Å². The molecule has 110 valence electrons. The topological polar surface area (TPSA) is 44.4 Å². The summed E-state index contributed by atoms with van der Waals surface area (Å²) in [6.45, 7) is 5.66. The van der Waals surface area contributed by atoms with E-state index in [2.05, 4.69) is 15.5 Å². The Bertz CT molecular complexity index is 441. The zero-order valence-corrected chi connectivity index (χ0v) is 12.5. The minimum atomic E-state index is 0.0573. The lowest BCUT2D eigenvalue weighted by atomic mass is 9.99. The number of likely N-dealkylation sites (N-methyl/N-ethyl adjacent to an activating group) is 1. The first kappa shape index (κ1) is 15.0. The summed E-state index contributed by atoms with van der Waals surface area (Å²) in [5.41, 5.74) is 2.03. The van der Waals surface area contributed by atoms with Crippen LogP contribution in [-0.2, 0) is 4.79 Å². The first-order valence-electron chi connectivity index (χ1n) is 7.39. The van der Waals surface area contributed by atoms with Gasteiger partial charge >= 0.3 is 0 Å². The maximum absolute atomic E-state index is 12.0. The number of piperidine rings is 1. The normalized spacial score (nSPS) is 19.1. The lowest BCUT2D eigenvalue weighted by Crippen LogP contribution is -2.39. The Morgan fingerprint density at radius 1 is 1.50 bits per heavy atom. The third kappa shape index (κ3) is 4.94. The number of nitrogens with one attached hydrogen (secondary N) is 2. The van der Waals surface area contributed by atoms with Crippen molar-refractivity contribution in [2.75, 3.05) is 38.5 Å². The van der Waals surface area contributed by atoms with E-state index < -0.39 is 0 Å². The number of nitrogens with zero attached hydrogens (tertiary/aromatic N) is 1. The van der Waals surface area contributed by atoms with Crippen molar-refractivity contribution in [1.29, 1.82) is 0 Å². The van der Waals surface area contributed by atoms with Gasteiger partial charge in [0.2, 0.25) is 5.91 Å². The molecule has 20 heavy (non-hydrogen) atoms. The van der Waals surface area contributed by atoms with Gasteiger partial charge in [0.05, 0.1) is 6.54 Å². The van der Waals surface area contributed by atoms with E-state index in [1.54, 1.807) is 0 Å². The van der Waals surface area contributed by atoms with Crippen molar-refractivity contribution in [1.82, 2.24) is 10.2 Å². The SMILES string of the molecule is Cc1cccc(NC(=O)CN(C)CC2CCCNC2)c1. The monoisotopic (exact) mass is 275 g/mol. The van der Waals surface area contributed by atoms with Crippen LogP contribution >= 0.6 is 0 Å². The summed E-state index contributed by atoms with van der Waals surface area (Å²) in [5, 5.41) is 6.37. The van der Waals surface area contributed by atoms with E-state index in [0.717, 1.165) is 30.9 Å². The molecule has 1 aliphatic heterocycles. The molecule has 1 unspecified atom stereocenters. The van der Waals surface area contributed by atoms with Crippen LogP contribution in [0.1, 0.15) is 18.4 Å². The van der Waals surface area contributed by atoms with Crippen LogP contribution in [0.15, 0.2) is 24.3 Å². The van der Waals surface area contributed by atoms with Crippen molar-refractivity contribution in [3.63, 3.8) is 0 Å². The molecule has 0 radical (unpaired) electrons. The van der Waals surface area contributed by atoms with Gasteiger partial charge in [0.1, 0.15) is 0 Å². The highest BCUT2D eigenvalue weighted by Crippen LogP contribution is 2.12. The zero-order chi connectivity index (χ0) is 14.4. The van der Waals surface area contributed by atoms with E-state index in [0.29, 0.717) is 12.5 Å². The van der Waals surface area contributed by atoms with Crippen LogP contribution in [0.5, 0.6) is 0 Å². The number of aryl methyl sites for hydroxylation is 1. The molecule has 0 bridgehead atoms. The summed E-state index contributed by atoms with van der Waals surface area (Å²) in [5.74, 6) is 0.724. The lowest BCUT2D eigenvalue weighted by Gasteiger charge is -2.27. The predicted octanol–water partition coefficient (Wildman–Crippen LogP) is 1.86. The fourth-order valence-electron chi connectivity index (χ4n) is 2.75. The second-order valence-corrected chi connectivity index (χ2v) is 5.83. The summed E-state index contributed by atoms with van der Waals surface area (Å²) < 4.78 is 0. The van der Waals surface area contributed by atoms with Crippen molar-refractivity contribution in [3.05, 3.63) is 29.8 Å². The molecule has 4 nitrogen and oxygen atoms in total. The molecule has 0 saturated carbocycles. The number of anilines is 1. The maximum atomic E-state index is 12.0. The highest BCUT2D eigenvalue weighted by atomic mass is 16.2. The standard InChI is InChI=1S/C16H25N3O/c1-13-5-3-7-15(9-13)18-16(20)12-19(2)11-14-6-4-8-17-10-14/h3,5,7,9,14,17H,4,6,8,10-12H2,1-2H3,(H,18,20). The first-order chi connectivity index (χ1) is 9.63. The van der Waals surface area contributed by atoms with E-state index in [1.165, 1.54) is 12.8 Å². The van der Waals surface area contributed by atoms with E-state index in [4.69, 9.17) is 0 Å². The molecule has 1 aromatic carbocycles. The Labute approximate surface area is 121 Å². The molecular weight excluding hydrogens is 250 g/mol. The summed E-state index contributed by atoms with van der Waals surface area (Å²) in [6, 6.07) is 7.90. The molecule has 1 aliphatic rings. The maximum Gasteiger partial charge on any atom is 0.238 e. The predicted molar refractivity (Wildman–Crippen MR) is 82.9 cm³/mol. The van der Waals surface area contributed by atoms with Crippen molar-refractivity contribution < 1.29 is 4.79 Å². The first-order valence-corrected chi connectivity index (χ1v) is 7.39. The molecule has 2 N–H and O–H groups in total. The van der Waals surface area contributed by atoms with Gasteiger partial charge in [-0.2, -0.15) is 0 Å². The largest absolute Gasteiger partial charge is 0.325 e. The van der Waals surface area contributed by atoms with Gasteiger partial charge in [-0.05, 0) is 63.5 Å². The summed E-state index contributed by atoms with van der Waals surface area (Å²) >= 11 is 0. The highest BCUT2D eigenvalue weighted by Gasteiger charge is 2.16. The smallest absolute Gasteiger partial charge is 0.238 e. The molecule has 2 rings (SSSR count). The van der Waals surface area contributed by atoms with Crippen LogP contribution in [-0.4, -0.2) is 44.0 Å². The minimum absolute atomic E-state index is 0.0573. The molecule has 4 heteroatoms. The van der Waals surface area contributed by atoms with Gasteiger partial charge in [-0.25, -0.2) is 0 Å². The second-order valence-electron chi connectivity index (χ2n) is 5.83. The van der Waals surface area contributed by atoms with Crippen LogP contribution in [0.4, 0.5) is 5.69 Å². The van der Waals surface area contributed by atoms with Crippen LogP contribution in [0, 0.1) is 12.8 Å². The number of benzene rings is 1. The number of hydrogen-bond donors (Lipinski definition) is 2. The minimum Gasteiger partial charge on any atom is -0.325 e. The van der Waals surface area contributed by atoms with E-state index >= 15 is 0 Å². The van der Waals surface area contributed by atoms with Crippen molar-refractivity contribution in [2.24, 2.45) is 5.92 Å². The van der Waals surface area contributed by atoms with Crippen molar-refractivity contribution in [3.8, 4) is 0 Å². The number of hydrogen-bond acceptors (Lipinski definition) is 3. The van der Waals surface area contributed by atoms with Crippen LogP contribution in [0.3, 0.4) is 0 Å². The Kier molecular flexibility index (Phi) is 5.56. The quantitative estimate of drug-likeness (QED) is 0.862. The number of carbonyl (C=O) groups excluding carboxylic acids is 1. The van der Waals surface area contributed by atoms with Gasteiger partial charge in [-0.1, -0.05) is 12.1 Å². The van der Waals surface area contributed by atoms with E-state index in [-0.39, 0.29) is 5.91 Å². The molecule has 1 amide bonds. The molecule has 1 aromatic rings. The average Bonchev–Trinajstić information content (AvgIpc) is 2.39. The summed E-state index contributed by atoms with van der Waals surface area (Å²) in [4.78, 5) is 14.1. The van der Waals surface area contributed by atoms with Crippen molar-refractivity contribution in [2.45, 2.75) is 19.8 Å². The van der Waals surface area contributed by atoms with E-state index in [9.17, 15) is 4.79 Å². The van der Waals surface area contributed by atoms with Gasteiger partial charge in [0, 0.05) is 12.2 Å². The molecule has 0 aliphatic carbocycles. The average molecular weight is 275 g/mol. The van der Waals surface area contributed by atoms with Crippen LogP contribution < -0.4 is 10.6 Å². The number of carbonyl (C=O) groups is 1. The summed E-state index contributed by atoms with van der Waals surface area (Å²) in [6.07, 6.45) is 2.50. The zero-order valence-electron chi connectivity index (χ0n) is 12.5. The van der Waals surface area contributed by atoms with Gasteiger partial charge in [0.15, 0.2) is 0 Å². The van der Waals surface area contributed by atoms with E-state index in [1.807, 2.05) is 38.2 Å². The number of rotatable bonds is 5. The molecule has 1 saturated heterocycles.